The summed E-state index contributed by atoms with van der Waals surface area (Å²) in [5.74, 6) is 0. The van der Waals surface area contributed by atoms with E-state index in [1.165, 1.54) is 0 Å². The molecule has 1 aromatic rings. The fourth-order valence-electron chi connectivity index (χ4n) is 0.892. The largest absolute Gasteiger partial charge is 0.157 e. The Morgan fingerprint density at radius 3 is 2.70 bits per heavy atom. The Kier molecular flexibility index (Phi) is 2.22. The van der Waals surface area contributed by atoms with E-state index in [1.54, 1.807) is 6.20 Å². The average Bonchev–Trinajstić information content (AvgIpc) is 1.88. The van der Waals surface area contributed by atoms with E-state index < -0.39 is 0 Å². The molecule has 0 saturated carbocycles. The van der Waals surface area contributed by atoms with Crippen LogP contribution in [-0.4, -0.2) is 10.2 Å². The van der Waals surface area contributed by atoms with Gasteiger partial charge in [0.25, 0.3) is 0 Å². The Labute approximate surface area is 65.2 Å². The molecule has 10 heavy (non-hydrogen) atoms. The third kappa shape index (κ3) is 1.27. The molecule has 54 valence electrons. The first-order valence-electron chi connectivity index (χ1n) is 3.22. The fraction of sp³-hybridized carbons (Fsp3) is 0.429. The zero-order valence-corrected chi connectivity index (χ0v) is 6.81. The minimum Gasteiger partial charge on any atom is -0.157 e. The molecule has 1 aromatic heterocycles. The Morgan fingerprint density at radius 1 is 1.60 bits per heavy atom. The van der Waals surface area contributed by atoms with Crippen LogP contribution in [0.5, 0.6) is 0 Å². The molecule has 0 atom stereocenters. The maximum absolute atomic E-state index is 5.76. The first-order valence-corrected chi connectivity index (χ1v) is 3.60. The third-order valence-corrected chi connectivity index (χ3v) is 1.78. The van der Waals surface area contributed by atoms with Crippen LogP contribution in [0.15, 0.2) is 6.20 Å². The van der Waals surface area contributed by atoms with Gasteiger partial charge >= 0.3 is 0 Å². The third-order valence-electron chi connectivity index (χ3n) is 1.48. The highest BCUT2D eigenvalue weighted by Gasteiger charge is 2.01. The highest BCUT2D eigenvalue weighted by Crippen LogP contribution is 2.14. The van der Waals surface area contributed by atoms with Crippen molar-refractivity contribution in [1.82, 2.24) is 10.2 Å². The molecule has 0 unspecified atom stereocenters. The molecule has 1 rings (SSSR count). The number of hydrogen-bond donors (Lipinski definition) is 0. The van der Waals surface area contributed by atoms with Crippen molar-refractivity contribution in [3.63, 3.8) is 0 Å². The van der Waals surface area contributed by atoms with Gasteiger partial charge < -0.3 is 0 Å². The maximum atomic E-state index is 5.76. The second-order valence-corrected chi connectivity index (χ2v) is 2.51. The highest BCUT2D eigenvalue weighted by molar-refractivity contribution is 6.30. The lowest BCUT2D eigenvalue weighted by molar-refractivity contribution is 0.961. The Bertz CT molecular complexity index is 215. The summed E-state index contributed by atoms with van der Waals surface area (Å²) in [5, 5.41) is 7.97. The first-order chi connectivity index (χ1) is 4.75. The molecule has 0 aliphatic heterocycles. The van der Waals surface area contributed by atoms with E-state index in [2.05, 4.69) is 17.1 Å². The number of nitrogens with zero attached hydrogens (tertiary/aromatic N) is 2. The van der Waals surface area contributed by atoms with E-state index in [9.17, 15) is 0 Å². The molecular weight excluding hydrogens is 148 g/mol. The molecule has 1 heterocycles. The van der Waals surface area contributed by atoms with E-state index in [4.69, 9.17) is 11.6 Å². The van der Waals surface area contributed by atoms with Crippen molar-refractivity contribution >= 4 is 11.6 Å². The molecule has 3 heteroatoms. The van der Waals surface area contributed by atoms with Gasteiger partial charge in [0.1, 0.15) is 0 Å². The second-order valence-electron chi connectivity index (χ2n) is 2.15. The summed E-state index contributed by atoms with van der Waals surface area (Å²) in [5.41, 5.74) is 2.21. The number of aromatic nitrogens is 2. The summed E-state index contributed by atoms with van der Waals surface area (Å²) in [6.45, 7) is 4.04. The van der Waals surface area contributed by atoms with Gasteiger partial charge in [-0.25, -0.2) is 0 Å². The lowest BCUT2D eigenvalue weighted by atomic mass is 10.1. The summed E-state index contributed by atoms with van der Waals surface area (Å²) >= 11 is 5.76. The van der Waals surface area contributed by atoms with Gasteiger partial charge in [-0.3, -0.25) is 0 Å². The summed E-state index contributed by atoms with van der Waals surface area (Å²) < 4.78 is 0. The van der Waals surface area contributed by atoms with Crippen molar-refractivity contribution in [2.24, 2.45) is 0 Å². The van der Waals surface area contributed by atoms with Crippen molar-refractivity contribution in [3.05, 3.63) is 22.5 Å². The van der Waals surface area contributed by atoms with Crippen LogP contribution in [0.25, 0.3) is 0 Å². The smallest absolute Gasteiger partial charge is 0.155 e. The van der Waals surface area contributed by atoms with Crippen molar-refractivity contribution < 1.29 is 0 Å². The summed E-state index contributed by atoms with van der Waals surface area (Å²) in [6.07, 6.45) is 2.64. The molecule has 0 aromatic carbocycles. The predicted octanol–water partition coefficient (Wildman–Crippen LogP) is 2.00. The van der Waals surface area contributed by atoms with Crippen LogP contribution in [0.3, 0.4) is 0 Å². The normalized spacial score (nSPS) is 9.90. The van der Waals surface area contributed by atoms with Crippen LogP contribution >= 0.6 is 11.6 Å². The lowest BCUT2D eigenvalue weighted by Gasteiger charge is -2.00. The molecule has 0 aliphatic rings. The predicted molar refractivity (Wildman–Crippen MR) is 41.2 cm³/mol. The van der Waals surface area contributed by atoms with Gasteiger partial charge in [0, 0.05) is 0 Å². The van der Waals surface area contributed by atoms with Crippen LogP contribution < -0.4 is 0 Å². The van der Waals surface area contributed by atoms with Crippen LogP contribution in [0.4, 0.5) is 0 Å². The monoisotopic (exact) mass is 156 g/mol. The quantitative estimate of drug-likeness (QED) is 0.622. The number of hydrogen-bond acceptors (Lipinski definition) is 2. The molecule has 2 nitrogen and oxygen atoms in total. The Balaban J connectivity index is 3.17. The van der Waals surface area contributed by atoms with Gasteiger partial charge in [0.15, 0.2) is 5.15 Å². The minimum absolute atomic E-state index is 0.530. The van der Waals surface area contributed by atoms with E-state index in [1.807, 2.05) is 6.92 Å². The maximum Gasteiger partial charge on any atom is 0.155 e. The van der Waals surface area contributed by atoms with Gasteiger partial charge in [-0.05, 0) is 24.5 Å². The van der Waals surface area contributed by atoms with Gasteiger partial charge in [0.05, 0.1) is 6.20 Å². The number of halogens is 1. The molecule has 0 amide bonds. The van der Waals surface area contributed by atoms with Crippen molar-refractivity contribution in [1.29, 1.82) is 0 Å². The molecule has 0 spiro atoms. The summed E-state index contributed by atoms with van der Waals surface area (Å²) in [7, 11) is 0. The lowest BCUT2D eigenvalue weighted by Crippen LogP contribution is -1.92. The molecule has 0 bridgehead atoms. The zero-order valence-electron chi connectivity index (χ0n) is 6.06. The Hall–Kier alpha value is -0.630. The average molecular weight is 157 g/mol. The van der Waals surface area contributed by atoms with Crippen molar-refractivity contribution in [3.8, 4) is 0 Å². The second kappa shape index (κ2) is 2.97. The molecular formula is C7H9ClN2. The molecule has 0 aliphatic carbocycles. The van der Waals surface area contributed by atoms with E-state index >= 15 is 0 Å². The van der Waals surface area contributed by atoms with E-state index in [0.29, 0.717) is 5.15 Å². The van der Waals surface area contributed by atoms with Gasteiger partial charge in [0.2, 0.25) is 0 Å². The van der Waals surface area contributed by atoms with Crippen molar-refractivity contribution in [2.75, 3.05) is 0 Å². The van der Waals surface area contributed by atoms with Crippen LogP contribution in [-0.2, 0) is 6.42 Å². The molecule has 0 N–H and O–H groups in total. The van der Waals surface area contributed by atoms with Crippen LogP contribution in [0, 0.1) is 6.92 Å². The number of aryl methyl sites for hydroxylation is 1. The summed E-state index contributed by atoms with van der Waals surface area (Å²) in [4.78, 5) is 0. The zero-order chi connectivity index (χ0) is 7.56. The number of rotatable bonds is 1. The first kappa shape index (κ1) is 7.48. The topological polar surface area (TPSA) is 25.8 Å². The molecule has 0 saturated heterocycles. The highest BCUT2D eigenvalue weighted by atomic mass is 35.5. The molecule has 0 radical (unpaired) electrons. The van der Waals surface area contributed by atoms with E-state index in [0.717, 1.165) is 17.5 Å². The van der Waals surface area contributed by atoms with E-state index in [-0.39, 0.29) is 0 Å². The van der Waals surface area contributed by atoms with Crippen LogP contribution in [0.1, 0.15) is 18.1 Å². The van der Waals surface area contributed by atoms with Crippen molar-refractivity contribution in [2.45, 2.75) is 20.3 Å². The summed E-state index contributed by atoms with van der Waals surface area (Å²) in [6, 6.07) is 0. The van der Waals surface area contributed by atoms with Gasteiger partial charge in [-0.1, -0.05) is 18.5 Å². The SMILES string of the molecule is CCc1c(C)cnnc1Cl. The Morgan fingerprint density at radius 2 is 2.30 bits per heavy atom. The molecule has 0 fully saturated rings. The van der Waals surface area contributed by atoms with Gasteiger partial charge in [-0.15, -0.1) is 5.10 Å². The van der Waals surface area contributed by atoms with Crippen LogP contribution in [0.2, 0.25) is 5.15 Å². The van der Waals surface area contributed by atoms with Gasteiger partial charge in [-0.2, -0.15) is 5.10 Å². The fourth-order valence-corrected chi connectivity index (χ4v) is 1.22. The standard InChI is InChI=1S/C7H9ClN2/c1-3-6-5(2)4-9-10-7(6)8/h4H,3H2,1-2H3. The minimum atomic E-state index is 0.530.